The Balaban J connectivity index is 2.47. The number of halogens is 1. The summed E-state index contributed by atoms with van der Waals surface area (Å²) in [7, 11) is 1.64. The molecule has 0 aliphatic carbocycles. The summed E-state index contributed by atoms with van der Waals surface area (Å²) in [5.41, 5.74) is 1.12. The Morgan fingerprint density at radius 2 is 2.00 bits per heavy atom. The smallest absolute Gasteiger partial charge is 0.175 e. The SMILES string of the molecule is CCOc1c(Br)cc(CNCCNC[C@H](C)O)cc1OC. The fourth-order valence-electron chi connectivity index (χ4n) is 1.88. The van der Waals surface area contributed by atoms with Gasteiger partial charge in [-0.2, -0.15) is 0 Å². The summed E-state index contributed by atoms with van der Waals surface area (Å²) in [6, 6.07) is 4.01. The molecular formula is C15H25BrN2O3. The third kappa shape index (κ3) is 6.65. The van der Waals surface area contributed by atoms with Gasteiger partial charge in [0.05, 0.1) is 24.3 Å². The van der Waals surface area contributed by atoms with Gasteiger partial charge in [-0.1, -0.05) is 0 Å². The van der Waals surface area contributed by atoms with Gasteiger partial charge in [-0.05, 0) is 47.5 Å². The van der Waals surface area contributed by atoms with Gasteiger partial charge in [0.2, 0.25) is 0 Å². The van der Waals surface area contributed by atoms with Crippen LogP contribution in [0.4, 0.5) is 0 Å². The summed E-state index contributed by atoms with van der Waals surface area (Å²) >= 11 is 3.52. The molecule has 1 aromatic rings. The Bertz CT molecular complexity index is 428. The predicted molar refractivity (Wildman–Crippen MR) is 88.1 cm³/mol. The van der Waals surface area contributed by atoms with E-state index in [1.165, 1.54) is 0 Å². The number of ether oxygens (including phenoxy) is 2. The zero-order valence-electron chi connectivity index (χ0n) is 12.9. The highest BCUT2D eigenvalue weighted by molar-refractivity contribution is 9.10. The van der Waals surface area contributed by atoms with Crippen molar-refractivity contribution in [2.24, 2.45) is 0 Å². The summed E-state index contributed by atoms with van der Waals surface area (Å²) in [5.74, 6) is 1.47. The van der Waals surface area contributed by atoms with Gasteiger partial charge in [0.1, 0.15) is 0 Å². The maximum absolute atomic E-state index is 9.13. The molecule has 0 spiro atoms. The van der Waals surface area contributed by atoms with Crippen molar-refractivity contribution in [3.05, 3.63) is 22.2 Å². The van der Waals surface area contributed by atoms with Gasteiger partial charge in [0, 0.05) is 26.2 Å². The van der Waals surface area contributed by atoms with E-state index in [9.17, 15) is 0 Å². The lowest BCUT2D eigenvalue weighted by Gasteiger charge is -2.14. The topological polar surface area (TPSA) is 62.8 Å². The minimum Gasteiger partial charge on any atom is -0.493 e. The van der Waals surface area contributed by atoms with E-state index in [2.05, 4.69) is 26.6 Å². The van der Waals surface area contributed by atoms with Crippen LogP contribution >= 0.6 is 15.9 Å². The second-order valence-corrected chi connectivity index (χ2v) is 5.63. The average molecular weight is 361 g/mol. The Morgan fingerprint density at radius 3 is 2.62 bits per heavy atom. The standard InChI is InChI=1S/C15H25BrN2O3/c1-4-21-15-13(16)7-12(8-14(15)20-3)10-18-6-5-17-9-11(2)19/h7-8,11,17-19H,4-6,9-10H2,1-3H3/t11-/m0/s1. The molecule has 6 heteroatoms. The Kier molecular flexibility index (Phi) is 8.68. The van der Waals surface area contributed by atoms with Crippen LogP contribution < -0.4 is 20.1 Å². The molecule has 0 unspecified atom stereocenters. The number of nitrogens with one attached hydrogen (secondary N) is 2. The summed E-state index contributed by atoms with van der Waals surface area (Å²) in [6.45, 7) is 7.33. The summed E-state index contributed by atoms with van der Waals surface area (Å²) in [6.07, 6.45) is -0.309. The van der Waals surface area contributed by atoms with Gasteiger partial charge in [0.15, 0.2) is 11.5 Å². The third-order valence-electron chi connectivity index (χ3n) is 2.83. The van der Waals surface area contributed by atoms with Crippen LogP contribution in [0.25, 0.3) is 0 Å². The number of rotatable bonds is 10. The molecule has 0 amide bonds. The normalized spacial score (nSPS) is 12.2. The minimum absolute atomic E-state index is 0.309. The summed E-state index contributed by atoms with van der Waals surface area (Å²) < 4.78 is 11.8. The number of aliphatic hydroxyl groups excluding tert-OH is 1. The van der Waals surface area contributed by atoms with Crippen LogP contribution in [-0.2, 0) is 6.54 Å². The van der Waals surface area contributed by atoms with Crippen molar-refractivity contribution in [2.75, 3.05) is 33.4 Å². The van der Waals surface area contributed by atoms with Crippen LogP contribution in [0.1, 0.15) is 19.4 Å². The molecule has 0 aromatic heterocycles. The van der Waals surface area contributed by atoms with E-state index in [-0.39, 0.29) is 6.10 Å². The first-order valence-electron chi connectivity index (χ1n) is 7.17. The van der Waals surface area contributed by atoms with Gasteiger partial charge < -0.3 is 25.2 Å². The largest absolute Gasteiger partial charge is 0.493 e. The van der Waals surface area contributed by atoms with E-state index in [1.54, 1.807) is 14.0 Å². The highest BCUT2D eigenvalue weighted by Gasteiger charge is 2.10. The molecule has 1 atom stereocenters. The predicted octanol–water partition coefficient (Wildman–Crippen LogP) is 1.92. The van der Waals surface area contributed by atoms with Crippen LogP contribution in [0.15, 0.2) is 16.6 Å². The summed E-state index contributed by atoms with van der Waals surface area (Å²) in [4.78, 5) is 0. The first kappa shape index (κ1) is 18.2. The molecule has 0 fully saturated rings. The van der Waals surface area contributed by atoms with Crippen molar-refractivity contribution in [1.29, 1.82) is 0 Å². The zero-order valence-corrected chi connectivity index (χ0v) is 14.5. The molecule has 1 aromatic carbocycles. The van der Waals surface area contributed by atoms with Gasteiger partial charge in [-0.3, -0.25) is 0 Å². The number of hydrogen-bond donors (Lipinski definition) is 3. The van der Waals surface area contributed by atoms with Crippen molar-refractivity contribution in [3.63, 3.8) is 0 Å². The van der Waals surface area contributed by atoms with Crippen molar-refractivity contribution in [2.45, 2.75) is 26.5 Å². The fraction of sp³-hybridized carbons (Fsp3) is 0.600. The van der Waals surface area contributed by atoms with Gasteiger partial charge >= 0.3 is 0 Å². The first-order chi connectivity index (χ1) is 10.1. The number of aliphatic hydroxyl groups is 1. The Labute approximate surface area is 135 Å². The molecule has 0 saturated carbocycles. The van der Waals surface area contributed by atoms with Crippen molar-refractivity contribution in [3.8, 4) is 11.5 Å². The molecule has 0 radical (unpaired) electrons. The minimum atomic E-state index is -0.309. The van der Waals surface area contributed by atoms with Gasteiger partial charge in [-0.15, -0.1) is 0 Å². The van der Waals surface area contributed by atoms with E-state index >= 15 is 0 Å². The van der Waals surface area contributed by atoms with Crippen molar-refractivity contribution in [1.82, 2.24) is 10.6 Å². The Morgan fingerprint density at radius 1 is 1.29 bits per heavy atom. The van der Waals surface area contributed by atoms with E-state index in [0.717, 1.165) is 41.2 Å². The van der Waals surface area contributed by atoms with Crippen LogP contribution in [0.2, 0.25) is 0 Å². The van der Waals surface area contributed by atoms with Crippen molar-refractivity contribution >= 4 is 15.9 Å². The molecule has 0 saturated heterocycles. The maximum atomic E-state index is 9.13. The monoisotopic (exact) mass is 360 g/mol. The second kappa shape index (κ2) is 10.00. The second-order valence-electron chi connectivity index (χ2n) is 4.77. The summed E-state index contributed by atoms with van der Waals surface area (Å²) in [5, 5.41) is 15.6. The van der Waals surface area contributed by atoms with Crippen molar-refractivity contribution < 1.29 is 14.6 Å². The van der Waals surface area contributed by atoms with Gasteiger partial charge in [0.25, 0.3) is 0 Å². The molecule has 21 heavy (non-hydrogen) atoms. The molecule has 5 nitrogen and oxygen atoms in total. The highest BCUT2D eigenvalue weighted by atomic mass is 79.9. The molecule has 0 bridgehead atoms. The van der Waals surface area contributed by atoms with E-state index in [4.69, 9.17) is 14.6 Å². The molecule has 0 aliphatic heterocycles. The third-order valence-corrected chi connectivity index (χ3v) is 3.41. The lowest BCUT2D eigenvalue weighted by molar-refractivity contribution is 0.191. The highest BCUT2D eigenvalue weighted by Crippen LogP contribution is 2.36. The van der Waals surface area contributed by atoms with Gasteiger partial charge in [-0.25, -0.2) is 0 Å². The quantitative estimate of drug-likeness (QED) is 0.556. The first-order valence-corrected chi connectivity index (χ1v) is 7.96. The van der Waals surface area contributed by atoms with E-state index < -0.39 is 0 Å². The molecule has 1 rings (SSSR count). The number of benzene rings is 1. The number of hydrogen-bond acceptors (Lipinski definition) is 5. The average Bonchev–Trinajstić information content (AvgIpc) is 2.44. The lowest BCUT2D eigenvalue weighted by atomic mass is 10.2. The Hall–Kier alpha value is -0.820. The fourth-order valence-corrected chi connectivity index (χ4v) is 2.48. The van der Waals surface area contributed by atoms with Crippen LogP contribution in [-0.4, -0.2) is 44.6 Å². The molecule has 0 aliphatic rings. The van der Waals surface area contributed by atoms with Crippen LogP contribution in [0, 0.1) is 0 Å². The van der Waals surface area contributed by atoms with E-state index in [0.29, 0.717) is 13.2 Å². The molecule has 3 N–H and O–H groups in total. The lowest BCUT2D eigenvalue weighted by Crippen LogP contribution is -2.31. The molecule has 0 heterocycles. The molecule has 120 valence electrons. The zero-order chi connectivity index (χ0) is 15.7. The molecular weight excluding hydrogens is 336 g/mol. The van der Waals surface area contributed by atoms with Crippen LogP contribution in [0.5, 0.6) is 11.5 Å². The maximum Gasteiger partial charge on any atom is 0.175 e. The number of methoxy groups -OCH3 is 1. The van der Waals surface area contributed by atoms with Crippen LogP contribution in [0.3, 0.4) is 0 Å². The van der Waals surface area contributed by atoms with E-state index in [1.807, 2.05) is 19.1 Å².